The highest BCUT2D eigenvalue weighted by molar-refractivity contribution is 6.30. The van der Waals surface area contributed by atoms with Crippen molar-refractivity contribution in [2.75, 3.05) is 14.1 Å². The lowest BCUT2D eigenvalue weighted by Crippen LogP contribution is -2.41. The van der Waals surface area contributed by atoms with E-state index in [1.807, 2.05) is 31.2 Å². The second kappa shape index (κ2) is 5.87. The number of amides is 1. The quantitative estimate of drug-likeness (QED) is 0.872. The Morgan fingerprint density at radius 2 is 1.94 bits per heavy atom. The van der Waals surface area contributed by atoms with Crippen LogP contribution in [0.4, 0.5) is 0 Å². The third kappa shape index (κ3) is 3.83. The van der Waals surface area contributed by atoms with Crippen molar-refractivity contribution in [1.29, 1.82) is 0 Å². The molecule has 0 aliphatic carbocycles. The fourth-order valence-electron chi connectivity index (χ4n) is 1.35. The molecule has 0 saturated carbocycles. The molecule has 3 nitrogen and oxygen atoms in total. The van der Waals surface area contributed by atoms with Gasteiger partial charge in [0, 0.05) is 25.7 Å². The summed E-state index contributed by atoms with van der Waals surface area (Å²) in [6.45, 7) is 2.52. The second-order valence-corrected chi connectivity index (χ2v) is 4.40. The monoisotopic (exact) mass is 240 g/mol. The maximum Gasteiger partial charge on any atom is 0.238 e. The summed E-state index contributed by atoms with van der Waals surface area (Å²) >= 11 is 5.79. The first-order chi connectivity index (χ1) is 7.50. The van der Waals surface area contributed by atoms with Crippen LogP contribution >= 0.6 is 11.6 Å². The number of benzene rings is 1. The van der Waals surface area contributed by atoms with Gasteiger partial charge >= 0.3 is 0 Å². The Morgan fingerprint density at radius 1 is 1.38 bits per heavy atom. The molecule has 1 N–H and O–H groups in total. The lowest BCUT2D eigenvalue weighted by molar-refractivity contribution is -0.130. The van der Waals surface area contributed by atoms with Gasteiger partial charge in [0.1, 0.15) is 0 Å². The summed E-state index contributed by atoms with van der Waals surface area (Å²) in [6, 6.07) is 7.41. The van der Waals surface area contributed by atoms with Crippen molar-refractivity contribution in [3.63, 3.8) is 0 Å². The van der Waals surface area contributed by atoms with E-state index in [1.165, 1.54) is 0 Å². The number of nitrogens with one attached hydrogen (secondary N) is 1. The van der Waals surface area contributed by atoms with Gasteiger partial charge in [-0.05, 0) is 24.6 Å². The van der Waals surface area contributed by atoms with Gasteiger partial charge in [0.25, 0.3) is 0 Å². The Balaban J connectivity index is 2.45. The van der Waals surface area contributed by atoms with Crippen molar-refractivity contribution in [1.82, 2.24) is 10.2 Å². The van der Waals surface area contributed by atoms with Crippen LogP contribution in [-0.4, -0.2) is 30.9 Å². The Morgan fingerprint density at radius 3 is 2.44 bits per heavy atom. The fourth-order valence-corrected chi connectivity index (χ4v) is 1.47. The van der Waals surface area contributed by atoms with Crippen LogP contribution in [-0.2, 0) is 11.3 Å². The molecule has 0 aliphatic rings. The summed E-state index contributed by atoms with van der Waals surface area (Å²) in [5.74, 6) is 0.0777. The summed E-state index contributed by atoms with van der Waals surface area (Å²) in [4.78, 5) is 13.1. The van der Waals surface area contributed by atoms with Crippen LogP contribution in [0.25, 0.3) is 0 Å². The summed E-state index contributed by atoms with van der Waals surface area (Å²) < 4.78 is 0. The van der Waals surface area contributed by atoms with Crippen LogP contribution in [0.2, 0.25) is 5.02 Å². The average Bonchev–Trinajstić information content (AvgIpc) is 2.26. The molecule has 1 aromatic carbocycles. The van der Waals surface area contributed by atoms with Crippen molar-refractivity contribution >= 4 is 17.5 Å². The first-order valence-electron chi connectivity index (χ1n) is 5.19. The maximum atomic E-state index is 11.6. The molecule has 1 amide bonds. The van der Waals surface area contributed by atoms with E-state index in [4.69, 9.17) is 11.6 Å². The first kappa shape index (κ1) is 13.0. The molecule has 16 heavy (non-hydrogen) atoms. The summed E-state index contributed by atoms with van der Waals surface area (Å²) in [6.07, 6.45) is 0. The Bertz CT molecular complexity index is 349. The highest BCUT2D eigenvalue weighted by Crippen LogP contribution is 2.09. The van der Waals surface area contributed by atoms with Crippen LogP contribution in [0, 0.1) is 0 Å². The molecule has 88 valence electrons. The molecule has 0 aliphatic heterocycles. The molecule has 1 rings (SSSR count). The van der Waals surface area contributed by atoms with Crippen LogP contribution in [0.15, 0.2) is 24.3 Å². The van der Waals surface area contributed by atoms with E-state index >= 15 is 0 Å². The molecule has 1 aromatic rings. The van der Waals surface area contributed by atoms with Crippen LogP contribution in [0.1, 0.15) is 12.5 Å². The van der Waals surface area contributed by atoms with E-state index in [0.29, 0.717) is 6.54 Å². The standard InChI is InChI=1S/C12H17ClN2O/c1-9(12(16)15(2)3)14-8-10-4-6-11(13)7-5-10/h4-7,9,14H,8H2,1-3H3/t9-/m0/s1. The zero-order valence-electron chi connectivity index (χ0n) is 9.83. The maximum absolute atomic E-state index is 11.6. The number of carbonyl (C=O) groups is 1. The van der Waals surface area contributed by atoms with E-state index < -0.39 is 0 Å². The van der Waals surface area contributed by atoms with Gasteiger partial charge in [-0.1, -0.05) is 23.7 Å². The number of rotatable bonds is 4. The topological polar surface area (TPSA) is 32.3 Å². The Labute approximate surface area is 101 Å². The number of carbonyl (C=O) groups excluding carboxylic acids is 1. The molecule has 0 aromatic heterocycles. The molecule has 4 heteroatoms. The molecule has 0 saturated heterocycles. The van der Waals surface area contributed by atoms with Crippen LogP contribution in [0.3, 0.4) is 0 Å². The lowest BCUT2D eigenvalue weighted by atomic mass is 10.2. The van der Waals surface area contributed by atoms with Crippen molar-refractivity contribution in [3.8, 4) is 0 Å². The molecule has 0 unspecified atom stereocenters. The molecule has 0 spiro atoms. The minimum absolute atomic E-state index is 0.0777. The van der Waals surface area contributed by atoms with Gasteiger partial charge in [0.15, 0.2) is 0 Å². The Hall–Kier alpha value is -1.06. The normalized spacial score (nSPS) is 12.2. The second-order valence-electron chi connectivity index (χ2n) is 3.96. The van der Waals surface area contributed by atoms with Gasteiger partial charge in [-0.25, -0.2) is 0 Å². The van der Waals surface area contributed by atoms with Gasteiger partial charge in [-0.3, -0.25) is 4.79 Å². The first-order valence-corrected chi connectivity index (χ1v) is 5.57. The number of nitrogens with zero attached hydrogens (tertiary/aromatic N) is 1. The van der Waals surface area contributed by atoms with E-state index in [-0.39, 0.29) is 11.9 Å². The molecule has 0 heterocycles. The predicted molar refractivity (Wildman–Crippen MR) is 66.4 cm³/mol. The van der Waals surface area contributed by atoms with Crippen molar-refractivity contribution in [2.45, 2.75) is 19.5 Å². The van der Waals surface area contributed by atoms with Gasteiger partial charge in [0.05, 0.1) is 6.04 Å². The SMILES string of the molecule is C[C@H](NCc1ccc(Cl)cc1)C(=O)N(C)C. The zero-order valence-corrected chi connectivity index (χ0v) is 10.6. The average molecular weight is 241 g/mol. The lowest BCUT2D eigenvalue weighted by Gasteiger charge is -2.18. The highest BCUT2D eigenvalue weighted by Gasteiger charge is 2.13. The minimum atomic E-state index is -0.175. The number of hydrogen-bond donors (Lipinski definition) is 1. The van der Waals surface area contributed by atoms with Crippen molar-refractivity contribution < 1.29 is 4.79 Å². The Kier molecular flexibility index (Phi) is 4.77. The largest absolute Gasteiger partial charge is 0.347 e. The summed E-state index contributed by atoms with van der Waals surface area (Å²) in [5.41, 5.74) is 1.11. The number of likely N-dealkylation sites (N-methyl/N-ethyl adjacent to an activating group) is 1. The van der Waals surface area contributed by atoms with Gasteiger partial charge < -0.3 is 10.2 Å². The van der Waals surface area contributed by atoms with E-state index in [2.05, 4.69) is 5.32 Å². The van der Waals surface area contributed by atoms with Crippen LogP contribution in [0.5, 0.6) is 0 Å². The summed E-state index contributed by atoms with van der Waals surface area (Å²) in [7, 11) is 3.51. The fraction of sp³-hybridized carbons (Fsp3) is 0.417. The molecule has 1 atom stereocenters. The van der Waals surface area contributed by atoms with Gasteiger partial charge in [0.2, 0.25) is 5.91 Å². The van der Waals surface area contributed by atoms with E-state index in [9.17, 15) is 4.79 Å². The highest BCUT2D eigenvalue weighted by atomic mass is 35.5. The van der Waals surface area contributed by atoms with Crippen molar-refractivity contribution in [2.24, 2.45) is 0 Å². The predicted octanol–water partition coefficient (Wildman–Crippen LogP) is 1.91. The van der Waals surface area contributed by atoms with E-state index in [0.717, 1.165) is 10.6 Å². The summed E-state index contributed by atoms with van der Waals surface area (Å²) in [5, 5.41) is 3.89. The molecule has 0 bridgehead atoms. The molecule has 0 fully saturated rings. The number of halogens is 1. The van der Waals surface area contributed by atoms with E-state index in [1.54, 1.807) is 19.0 Å². The number of hydrogen-bond acceptors (Lipinski definition) is 2. The zero-order chi connectivity index (χ0) is 12.1. The smallest absolute Gasteiger partial charge is 0.238 e. The minimum Gasteiger partial charge on any atom is -0.347 e. The third-order valence-electron chi connectivity index (χ3n) is 2.34. The third-order valence-corrected chi connectivity index (χ3v) is 2.59. The van der Waals surface area contributed by atoms with Gasteiger partial charge in [-0.15, -0.1) is 0 Å². The molecule has 0 radical (unpaired) electrons. The molecular weight excluding hydrogens is 224 g/mol. The molecular formula is C12H17ClN2O. The van der Waals surface area contributed by atoms with Crippen LogP contribution < -0.4 is 5.32 Å². The van der Waals surface area contributed by atoms with Gasteiger partial charge in [-0.2, -0.15) is 0 Å². The van der Waals surface area contributed by atoms with Crippen molar-refractivity contribution in [3.05, 3.63) is 34.9 Å².